The van der Waals surface area contributed by atoms with Crippen LogP contribution in [0.4, 0.5) is 5.69 Å². The molecule has 0 fully saturated rings. The van der Waals surface area contributed by atoms with E-state index in [0.717, 1.165) is 0 Å². The zero-order chi connectivity index (χ0) is 19.4. The highest BCUT2D eigenvalue weighted by molar-refractivity contribution is 5.93. The summed E-state index contributed by atoms with van der Waals surface area (Å²) in [6.45, 7) is -0.124. The lowest BCUT2D eigenvalue weighted by Crippen LogP contribution is -2.27. The molecule has 0 unspecified atom stereocenters. The maximum absolute atomic E-state index is 12.7. The molecule has 3 rings (SSSR count). The van der Waals surface area contributed by atoms with E-state index in [1.165, 1.54) is 11.7 Å². The molecule has 0 saturated carbocycles. The van der Waals surface area contributed by atoms with Crippen LogP contribution >= 0.6 is 0 Å². The van der Waals surface area contributed by atoms with Gasteiger partial charge in [-0.1, -0.05) is 6.07 Å². The zero-order valence-corrected chi connectivity index (χ0v) is 15.3. The van der Waals surface area contributed by atoms with E-state index in [9.17, 15) is 9.59 Å². The number of nitrogens with zero attached hydrogens (tertiary/aromatic N) is 1. The van der Waals surface area contributed by atoms with Gasteiger partial charge in [-0.05, 0) is 30.3 Å². The molecule has 1 N–H and O–H groups in total. The molecule has 1 amide bonds. The summed E-state index contributed by atoms with van der Waals surface area (Å²) < 4.78 is 17.0. The monoisotopic (exact) mass is 368 g/mol. The van der Waals surface area contributed by atoms with Crippen molar-refractivity contribution in [2.45, 2.75) is 6.54 Å². The van der Waals surface area contributed by atoms with Crippen molar-refractivity contribution in [3.63, 3.8) is 0 Å². The van der Waals surface area contributed by atoms with Gasteiger partial charge in [0, 0.05) is 17.6 Å². The minimum atomic E-state index is -0.345. The molecule has 0 bridgehead atoms. The van der Waals surface area contributed by atoms with Crippen LogP contribution in [-0.2, 0) is 11.3 Å². The van der Waals surface area contributed by atoms with Gasteiger partial charge in [-0.2, -0.15) is 0 Å². The fourth-order valence-corrected chi connectivity index (χ4v) is 2.84. The van der Waals surface area contributed by atoms with Crippen LogP contribution in [0, 0.1) is 0 Å². The maximum Gasteiger partial charge on any atom is 0.259 e. The highest BCUT2D eigenvalue weighted by Gasteiger charge is 2.12. The molecule has 0 aliphatic heterocycles. The standard InChI is InChI=1S/C20H20N2O5/c1-25-13-7-8-16(18(11-13)27-3)21-19(23)12-22-10-9-14-15(20(22)24)5-4-6-17(14)26-2/h4-11H,12H2,1-3H3,(H,21,23). The number of hydrogen-bond donors (Lipinski definition) is 1. The lowest BCUT2D eigenvalue weighted by molar-refractivity contribution is -0.116. The number of anilines is 1. The van der Waals surface area contributed by atoms with E-state index in [-0.39, 0.29) is 18.0 Å². The molecule has 2 aromatic carbocycles. The van der Waals surface area contributed by atoms with Crippen molar-refractivity contribution in [3.8, 4) is 17.2 Å². The van der Waals surface area contributed by atoms with Gasteiger partial charge < -0.3 is 24.1 Å². The Balaban J connectivity index is 1.85. The van der Waals surface area contributed by atoms with E-state index in [4.69, 9.17) is 14.2 Å². The van der Waals surface area contributed by atoms with Gasteiger partial charge in [-0.3, -0.25) is 9.59 Å². The topological polar surface area (TPSA) is 78.8 Å². The van der Waals surface area contributed by atoms with Crippen molar-refractivity contribution in [2.24, 2.45) is 0 Å². The second-order valence-corrected chi connectivity index (χ2v) is 5.78. The van der Waals surface area contributed by atoms with Crippen molar-refractivity contribution < 1.29 is 19.0 Å². The SMILES string of the molecule is COc1ccc(NC(=O)Cn2ccc3c(OC)cccc3c2=O)c(OC)c1. The third-order valence-electron chi connectivity index (χ3n) is 4.20. The second-order valence-electron chi connectivity index (χ2n) is 5.78. The van der Waals surface area contributed by atoms with Gasteiger partial charge >= 0.3 is 0 Å². The Kier molecular flexibility index (Phi) is 5.30. The first kappa shape index (κ1) is 18.3. The summed E-state index contributed by atoms with van der Waals surface area (Å²) in [5.41, 5.74) is 0.238. The van der Waals surface area contributed by atoms with Crippen molar-refractivity contribution in [3.05, 3.63) is 59.0 Å². The van der Waals surface area contributed by atoms with Crippen LogP contribution in [0.5, 0.6) is 17.2 Å². The molecule has 0 aliphatic rings. The molecule has 1 heterocycles. The van der Waals surface area contributed by atoms with Gasteiger partial charge in [-0.25, -0.2) is 0 Å². The Bertz CT molecular complexity index is 1040. The number of carbonyl (C=O) groups is 1. The minimum absolute atomic E-state index is 0.124. The fraction of sp³-hybridized carbons (Fsp3) is 0.200. The van der Waals surface area contributed by atoms with E-state index in [1.54, 1.807) is 62.9 Å². The third-order valence-corrected chi connectivity index (χ3v) is 4.20. The number of nitrogens with one attached hydrogen (secondary N) is 1. The highest BCUT2D eigenvalue weighted by atomic mass is 16.5. The van der Waals surface area contributed by atoms with Crippen molar-refractivity contribution in [2.75, 3.05) is 26.6 Å². The number of hydrogen-bond acceptors (Lipinski definition) is 5. The number of benzene rings is 2. The average molecular weight is 368 g/mol. The maximum atomic E-state index is 12.7. The number of aromatic nitrogens is 1. The first-order chi connectivity index (χ1) is 13.1. The van der Waals surface area contributed by atoms with Gasteiger partial charge in [0.25, 0.3) is 5.56 Å². The molecule has 0 spiro atoms. The molecule has 3 aromatic rings. The normalized spacial score (nSPS) is 10.5. The van der Waals surface area contributed by atoms with Crippen LogP contribution in [0.3, 0.4) is 0 Å². The van der Waals surface area contributed by atoms with Crippen LogP contribution in [-0.4, -0.2) is 31.8 Å². The Morgan fingerprint density at radius 1 is 0.963 bits per heavy atom. The predicted octanol–water partition coefficient (Wildman–Crippen LogP) is 2.67. The fourth-order valence-electron chi connectivity index (χ4n) is 2.84. The van der Waals surface area contributed by atoms with E-state index in [2.05, 4.69) is 5.32 Å². The van der Waals surface area contributed by atoms with Crippen molar-refractivity contribution in [1.82, 2.24) is 4.57 Å². The van der Waals surface area contributed by atoms with E-state index in [0.29, 0.717) is 33.7 Å². The number of pyridine rings is 1. The number of methoxy groups -OCH3 is 3. The van der Waals surface area contributed by atoms with Gasteiger partial charge in [0.2, 0.25) is 5.91 Å². The number of fused-ring (bicyclic) bond motifs is 1. The molecule has 7 heteroatoms. The number of rotatable bonds is 6. The molecule has 7 nitrogen and oxygen atoms in total. The Labute approximate surface area is 156 Å². The summed E-state index contributed by atoms with van der Waals surface area (Å²) in [5, 5.41) is 3.95. The molecule has 0 saturated heterocycles. The smallest absolute Gasteiger partial charge is 0.259 e. The van der Waals surface area contributed by atoms with Crippen molar-refractivity contribution in [1.29, 1.82) is 0 Å². The zero-order valence-electron chi connectivity index (χ0n) is 15.3. The summed E-state index contributed by atoms with van der Waals surface area (Å²) >= 11 is 0. The lowest BCUT2D eigenvalue weighted by atomic mass is 10.1. The van der Waals surface area contributed by atoms with Crippen LogP contribution in [0.15, 0.2) is 53.5 Å². The van der Waals surface area contributed by atoms with Crippen molar-refractivity contribution >= 4 is 22.4 Å². The van der Waals surface area contributed by atoms with Gasteiger partial charge in [0.1, 0.15) is 23.8 Å². The van der Waals surface area contributed by atoms with E-state index in [1.807, 2.05) is 0 Å². The van der Waals surface area contributed by atoms with Crippen LogP contribution in [0.2, 0.25) is 0 Å². The molecular formula is C20H20N2O5. The van der Waals surface area contributed by atoms with Gasteiger partial charge in [-0.15, -0.1) is 0 Å². The highest BCUT2D eigenvalue weighted by Crippen LogP contribution is 2.29. The number of amides is 1. The Morgan fingerprint density at radius 2 is 1.74 bits per heavy atom. The lowest BCUT2D eigenvalue weighted by Gasteiger charge is -2.13. The second kappa shape index (κ2) is 7.82. The Hall–Kier alpha value is -3.48. The number of ether oxygens (including phenoxy) is 3. The van der Waals surface area contributed by atoms with E-state index >= 15 is 0 Å². The van der Waals surface area contributed by atoms with Gasteiger partial charge in [0.15, 0.2) is 0 Å². The summed E-state index contributed by atoms with van der Waals surface area (Å²) in [5.74, 6) is 1.36. The first-order valence-electron chi connectivity index (χ1n) is 8.25. The quantitative estimate of drug-likeness (QED) is 0.724. The summed E-state index contributed by atoms with van der Waals surface area (Å²) in [6, 6.07) is 12.1. The molecule has 0 atom stereocenters. The summed E-state index contributed by atoms with van der Waals surface area (Å²) in [4.78, 5) is 25.1. The van der Waals surface area contributed by atoms with Crippen LogP contribution < -0.4 is 25.1 Å². The van der Waals surface area contributed by atoms with Gasteiger partial charge in [0.05, 0.1) is 32.4 Å². The minimum Gasteiger partial charge on any atom is -0.497 e. The largest absolute Gasteiger partial charge is 0.497 e. The molecule has 0 radical (unpaired) electrons. The van der Waals surface area contributed by atoms with E-state index < -0.39 is 0 Å². The molecule has 0 aliphatic carbocycles. The molecular weight excluding hydrogens is 348 g/mol. The average Bonchev–Trinajstić information content (AvgIpc) is 2.70. The van der Waals surface area contributed by atoms with Crippen LogP contribution in [0.1, 0.15) is 0 Å². The summed E-state index contributed by atoms with van der Waals surface area (Å²) in [7, 11) is 4.61. The third kappa shape index (κ3) is 3.72. The predicted molar refractivity (Wildman–Crippen MR) is 103 cm³/mol. The summed E-state index contributed by atoms with van der Waals surface area (Å²) in [6.07, 6.45) is 1.58. The number of carbonyl (C=O) groups excluding carboxylic acids is 1. The molecule has 1 aromatic heterocycles. The van der Waals surface area contributed by atoms with Crippen LogP contribution in [0.25, 0.3) is 10.8 Å². The molecule has 27 heavy (non-hydrogen) atoms. The Morgan fingerprint density at radius 3 is 2.44 bits per heavy atom. The first-order valence-corrected chi connectivity index (χ1v) is 8.25. The molecule has 140 valence electrons.